The van der Waals surface area contributed by atoms with Gasteiger partial charge in [-0.25, -0.2) is 0 Å². The fourth-order valence-corrected chi connectivity index (χ4v) is 4.27. The Hall–Kier alpha value is -0.260. The molecular weight excluding hydrogens is 348 g/mol. The van der Waals surface area contributed by atoms with Crippen molar-refractivity contribution in [2.24, 2.45) is 0 Å². The Morgan fingerprint density at radius 3 is 0.724 bits per heavy atom. The summed E-state index contributed by atoms with van der Waals surface area (Å²) in [6.45, 7) is 4.60. The van der Waals surface area contributed by atoms with E-state index in [0.29, 0.717) is 0 Å². The predicted octanol–water partition coefficient (Wildman–Crippen LogP) is 11.3. The van der Waals surface area contributed by atoms with E-state index in [9.17, 15) is 0 Å². The molecule has 0 aliphatic heterocycles. The summed E-state index contributed by atoms with van der Waals surface area (Å²) in [6.07, 6.45) is 40.9. The van der Waals surface area contributed by atoms with Gasteiger partial charge in [-0.1, -0.05) is 161 Å². The maximum atomic E-state index is 2.44. The highest BCUT2D eigenvalue weighted by Gasteiger charge is 1.95. The van der Waals surface area contributed by atoms with Crippen LogP contribution in [0.4, 0.5) is 0 Å². The fraction of sp³-hybridized carbons (Fsp3) is 0.931. The van der Waals surface area contributed by atoms with E-state index in [2.05, 4.69) is 26.0 Å². The molecule has 0 saturated carbocycles. The van der Waals surface area contributed by atoms with Gasteiger partial charge in [0.2, 0.25) is 0 Å². The van der Waals surface area contributed by atoms with Crippen LogP contribution in [-0.2, 0) is 0 Å². The first-order chi connectivity index (χ1) is 14.4. The zero-order valence-corrected chi connectivity index (χ0v) is 20.8. The van der Waals surface area contributed by atoms with Crippen molar-refractivity contribution >= 4 is 0 Å². The van der Waals surface area contributed by atoms with Crippen LogP contribution in [0.5, 0.6) is 0 Å². The molecule has 0 saturated heterocycles. The van der Waals surface area contributed by atoms with Crippen LogP contribution in [0.15, 0.2) is 12.2 Å². The van der Waals surface area contributed by atoms with Crippen LogP contribution in [0.1, 0.15) is 174 Å². The Kier molecular flexibility index (Phi) is 27.5. The normalized spacial score (nSPS) is 11.7. The van der Waals surface area contributed by atoms with Crippen molar-refractivity contribution in [3.8, 4) is 0 Å². The van der Waals surface area contributed by atoms with Gasteiger partial charge in [0.1, 0.15) is 0 Å². The molecule has 0 spiro atoms. The van der Waals surface area contributed by atoms with Crippen molar-refractivity contribution in [3.63, 3.8) is 0 Å². The van der Waals surface area contributed by atoms with Gasteiger partial charge >= 0.3 is 0 Å². The Labute approximate surface area is 186 Å². The lowest BCUT2D eigenvalue weighted by Gasteiger charge is -2.03. The van der Waals surface area contributed by atoms with Crippen molar-refractivity contribution in [3.05, 3.63) is 12.2 Å². The molecule has 0 aromatic rings. The van der Waals surface area contributed by atoms with Crippen LogP contribution in [0.3, 0.4) is 0 Å². The molecule has 0 unspecified atom stereocenters. The van der Waals surface area contributed by atoms with Crippen LogP contribution in [0.25, 0.3) is 0 Å². The molecule has 0 amide bonds. The second kappa shape index (κ2) is 27.7. The molecule has 174 valence electrons. The fourth-order valence-electron chi connectivity index (χ4n) is 4.27. The zero-order chi connectivity index (χ0) is 21.1. The van der Waals surface area contributed by atoms with Gasteiger partial charge in [0.15, 0.2) is 0 Å². The maximum absolute atomic E-state index is 2.44. The first-order valence-electron chi connectivity index (χ1n) is 14.1. The lowest BCUT2D eigenvalue weighted by Crippen LogP contribution is -1.83. The highest BCUT2D eigenvalue weighted by atomic mass is 14.0. The largest absolute Gasteiger partial charge is 0.0885 e. The summed E-state index contributed by atoms with van der Waals surface area (Å²) >= 11 is 0. The molecule has 29 heavy (non-hydrogen) atoms. The Bertz CT molecular complexity index is 290. The molecule has 0 fully saturated rings. The van der Waals surface area contributed by atoms with Gasteiger partial charge in [0.25, 0.3) is 0 Å². The van der Waals surface area contributed by atoms with Crippen molar-refractivity contribution in [1.82, 2.24) is 0 Å². The van der Waals surface area contributed by atoms with Crippen molar-refractivity contribution in [2.45, 2.75) is 174 Å². The molecule has 0 rings (SSSR count). The van der Waals surface area contributed by atoms with Crippen LogP contribution in [-0.4, -0.2) is 0 Å². The quantitative estimate of drug-likeness (QED) is 0.104. The summed E-state index contributed by atoms with van der Waals surface area (Å²) in [6, 6.07) is 0. The number of hydrogen-bond acceptors (Lipinski definition) is 0. The van der Waals surface area contributed by atoms with Crippen molar-refractivity contribution < 1.29 is 0 Å². The molecule has 0 aromatic carbocycles. The SMILES string of the molecule is CCCCCCCC/C=C/CCCCCCCCCCCCCCCCCCC. The molecule has 0 heterocycles. The maximum Gasteiger partial charge on any atom is -0.0351 e. The van der Waals surface area contributed by atoms with Gasteiger partial charge in [0, 0.05) is 0 Å². The third-order valence-electron chi connectivity index (χ3n) is 6.37. The smallest absolute Gasteiger partial charge is 0.0351 e. The Morgan fingerprint density at radius 2 is 0.483 bits per heavy atom. The number of hydrogen-bond donors (Lipinski definition) is 0. The second-order valence-electron chi connectivity index (χ2n) is 9.47. The molecule has 0 atom stereocenters. The molecule has 0 radical (unpaired) electrons. The molecule has 0 bridgehead atoms. The van der Waals surface area contributed by atoms with Crippen LogP contribution in [0, 0.1) is 0 Å². The minimum atomic E-state index is 1.31. The number of unbranched alkanes of at least 4 members (excludes halogenated alkanes) is 23. The van der Waals surface area contributed by atoms with E-state index in [1.54, 1.807) is 0 Å². The van der Waals surface area contributed by atoms with Crippen molar-refractivity contribution in [2.75, 3.05) is 0 Å². The molecule has 0 nitrogen and oxygen atoms in total. The summed E-state index contributed by atoms with van der Waals surface area (Å²) in [5.74, 6) is 0. The highest BCUT2D eigenvalue weighted by Crippen LogP contribution is 2.14. The Morgan fingerprint density at radius 1 is 0.276 bits per heavy atom. The molecule has 0 heteroatoms. The van der Waals surface area contributed by atoms with E-state index >= 15 is 0 Å². The lowest BCUT2D eigenvalue weighted by molar-refractivity contribution is 0.527. The average Bonchev–Trinajstić information content (AvgIpc) is 2.74. The van der Waals surface area contributed by atoms with Gasteiger partial charge in [-0.3, -0.25) is 0 Å². The van der Waals surface area contributed by atoms with Crippen LogP contribution < -0.4 is 0 Å². The lowest BCUT2D eigenvalue weighted by atomic mass is 10.0. The monoisotopic (exact) mass is 406 g/mol. The first-order valence-corrected chi connectivity index (χ1v) is 14.1. The van der Waals surface area contributed by atoms with Gasteiger partial charge in [0.05, 0.1) is 0 Å². The summed E-state index contributed by atoms with van der Waals surface area (Å²) < 4.78 is 0. The van der Waals surface area contributed by atoms with E-state index in [1.165, 1.54) is 161 Å². The van der Waals surface area contributed by atoms with Crippen LogP contribution in [0.2, 0.25) is 0 Å². The molecule has 0 aromatic heterocycles. The molecule has 0 aliphatic carbocycles. The van der Waals surface area contributed by atoms with Crippen LogP contribution >= 0.6 is 0 Å². The minimum absolute atomic E-state index is 1.31. The first kappa shape index (κ1) is 28.7. The predicted molar refractivity (Wildman–Crippen MR) is 136 cm³/mol. The van der Waals surface area contributed by atoms with Gasteiger partial charge < -0.3 is 0 Å². The third kappa shape index (κ3) is 27.7. The van der Waals surface area contributed by atoms with Gasteiger partial charge in [-0.2, -0.15) is 0 Å². The van der Waals surface area contributed by atoms with Gasteiger partial charge in [-0.05, 0) is 25.7 Å². The number of rotatable bonds is 25. The van der Waals surface area contributed by atoms with Crippen molar-refractivity contribution in [1.29, 1.82) is 0 Å². The summed E-state index contributed by atoms with van der Waals surface area (Å²) in [4.78, 5) is 0. The zero-order valence-electron chi connectivity index (χ0n) is 20.8. The van der Waals surface area contributed by atoms with E-state index in [4.69, 9.17) is 0 Å². The summed E-state index contributed by atoms with van der Waals surface area (Å²) in [7, 11) is 0. The molecule has 0 aliphatic rings. The minimum Gasteiger partial charge on any atom is -0.0885 e. The number of allylic oxidation sites excluding steroid dienone is 2. The summed E-state index contributed by atoms with van der Waals surface area (Å²) in [5, 5.41) is 0. The second-order valence-corrected chi connectivity index (χ2v) is 9.47. The topological polar surface area (TPSA) is 0 Å². The molecule has 0 N–H and O–H groups in total. The molecular formula is C29H58. The average molecular weight is 407 g/mol. The standard InChI is InChI=1S/C29H58/c1-3-5-7-9-11-13-15-17-19-21-23-25-27-29-28-26-24-22-20-18-16-14-12-10-8-6-4-2/h17,19H,3-16,18,20-29H2,1-2H3/b19-17+. The van der Waals surface area contributed by atoms with E-state index in [0.717, 1.165) is 0 Å². The van der Waals surface area contributed by atoms with E-state index < -0.39 is 0 Å². The highest BCUT2D eigenvalue weighted by molar-refractivity contribution is 4.81. The summed E-state index contributed by atoms with van der Waals surface area (Å²) in [5.41, 5.74) is 0. The van der Waals surface area contributed by atoms with E-state index in [-0.39, 0.29) is 0 Å². The third-order valence-corrected chi connectivity index (χ3v) is 6.37. The van der Waals surface area contributed by atoms with Gasteiger partial charge in [-0.15, -0.1) is 0 Å². The Balaban J connectivity index is 3.04. The van der Waals surface area contributed by atoms with E-state index in [1.807, 2.05) is 0 Å².